The summed E-state index contributed by atoms with van der Waals surface area (Å²) in [7, 11) is 5.92. The van der Waals surface area contributed by atoms with E-state index >= 15 is 0 Å². The molecule has 0 saturated carbocycles. The number of allylic oxidation sites excluding steroid dienone is 4. The van der Waals surface area contributed by atoms with E-state index in [-0.39, 0.29) is 32.2 Å². The van der Waals surface area contributed by atoms with Gasteiger partial charge in [0.2, 0.25) is 0 Å². The van der Waals surface area contributed by atoms with Crippen molar-refractivity contribution in [3.05, 3.63) is 24.3 Å². The number of rotatable bonds is 52. The third-order valence-corrected chi connectivity index (χ3v) is 12.5. The Morgan fingerprint density at radius 3 is 1.24 bits per heavy atom. The standard InChI is InChI=1S/C57H107NO8/c1-6-8-10-12-14-16-18-20-22-23-24-25-26-27-28-29-30-31-32-33-34-36-37-39-41-43-45-47-54(59)64-51-53(52-65-57(56(61)62)63-50-49-58(3,4)5)66-55(60)48-46-44-42-40-38-35-21-19-17-15-13-11-9-7-2/h13,15,19,21,53,57H,6-12,14,16-18,20,22-52H2,1-5H3/b15-13-,21-19-. The van der Waals surface area contributed by atoms with E-state index in [1.807, 2.05) is 21.1 Å². The molecule has 0 rings (SSSR count). The van der Waals surface area contributed by atoms with Gasteiger partial charge >= 0.3 is 11.9 Å². The quantitative estimate of drug-likeness (QED) is 0.0195. The highest BCUT2D eigenvalue weighted by molar-refractivity contribution is 5.70. The van der Waals surface area contributed by atoms with Crippen LogP contribution in [-0.4, -0.2) is 82.3 Å². The molecule has 0 aromatic heterocycles. The Balaban J connectivity index is 4.14. The first kappa shape index (κ1) is 63.8. The predicted molar refractivity (Wildman–Crippen MR) is 274 cm³/mol. The number of carbonyl (C=O) groups is 3. The first-order valence-electron chi connectivity index (χ1n) is 28.0. The number of carbonyl (C=O) groups excluding carboxylic acids is 3. The van der Waals surface area contributed by atoms with Crippen molar-refractivity contribution in [2.45, 2.75) is 277 Å². The fourth-order valence-corrected chi connectivity index (χ4v) is 8.08. The van der Waals surface area contributed by atoms with E-state index in [1.165, 1.54) is 167 Å². The summed E-state index contributed by atoms with van der Waals surface area (Å²) in [4.78, 5) is 37.2. The van der Waals surface area contributed by atoms with Gasteiger partial charge in [-0.2, -0.15) is 0 Å². The molecule has 2 atom stereocenters. The Kier molecular flexibility index (Phi) is 47.5. The Bertz CT molecular complexity index is 1130. The summed E-state index contributed by atoms with van der Waals surface area (Å²) in [5.41, 5.74) is 0. The Morgan fingerprint density at radius 2 is 0.833 bits per heavy atom. The van der Waals surface area contributed by atoms with Gasteiger partial charge in [0.1, 0.15) is 13.2 Å². The molecule has 66 heavy (non-hydrogen) atoms. The summed E-state index contributed by atoms with van der Waals surface area (Å²) < 4.78 is 22.6. The van der Waals surface area contributed by atoms with Gasteiger partial charge in [0.05, 0.1) is 40.3 Å². The number of likely N-dealkylation sites (N-methyl/N-ethyl adjacent to an activating group) is 1. The zero-order chi connectivity index (χ0) is 48.4. The molecule has 0 amide bonds. The van der Waals surface area contributed by atoms with Crippen molar-refractivity contribution < 1.29 is 42.9 Å². The molecule has 0 aliphatic heterocycles. The van der Waals surface area contributed by atoms with Gasteiger partial charge < -0.3 is 33.3 Å². The number of unbranched alkanes of at least 4 members (excludes halogenated alkanes) is 33. The van der Waals surface area contributed by atoms with Gasteiger partial charge in [0.25, 0.3) is 0 Å². The molecular weight excluding hydrogens is 827 g/mol. The van der Waals surface area contributed by atoms with Crippen molar-refractivity contribution in [1.82, 2.24) is 0 Å². The molecule has 0 fully saturated rings. The van der Waals surface area contributed by atoms with Gasteiger partial charge in [-0.15, -0.1) is 0 Å². The molecule has 0 aromatic carbocycles. The maximum absolute atomic E-state index is 12.8. The highest BCUT2D eigenvalue weighted by atomic mass is 16.7. The van der Waals surface area contributed by atoms with Gasteiger partial charge in [0, 0.05) is 12.8 Å². The van der Waals surface area contributed by atoms with Crippen LogP contribution < -0.4 is 5.11 Å². The van der Waals surface area contributed by atoms with Crippen LogP contribution in [0, 0.1) is 0 Å². The van der Waals surface area contributed by atoms with Crippen molar-refractivity contribution in [1.29, 1.82) is 0 Å². The number of carboxylic acids is 1. The van der Waals surface area contributed by atoms with Crippen LogP contribution in [0.3, 0.4) is 0 Å². The number of quaternary nitrogens is 1. The van der Waals surface area contributed by atoms with Crippen molar-refractivity contribution >= 4 is 17.9 Å². The molecule has 0 aliphatic carbocycles. The normalized spacial score (nSPS) is 12.9. The fourth-order valence-electron chi connectivity index (χ4n) is 8.08. The number of hydrogen-bond donors (Lipinski definition) is 0. The minimum Gasteiger partial charge on any atom is -0.545 e. The SMILES string of the molecule is CCCC/C=C\C/C=C\CCCCCCCC(=O)OC(COC(=O)CCCCCCCCCCCCCCCCCCCCCCCCCCCCC)COC(OCC[N+](C)(C)C)C(=O)[O-]. The monoisotopic (exact) mass is 934 g/mol. The summed E-state index contributed by atoms with van der Waals surface area (Å²) in [6.07, 6.45) is 53.8. The third-order valence-electron chi connectivity index (χ3n) is 12.5. The maximum Gasteiger partial charge on any atom is 0.306 e. The van der Waals surface area contributed by atoms with E-state index in [0.29, 0.717) is 23.9 Å². The summed E-state index contributed by atoms with van der Waals surface area (Å²) in [6.45, 7) is 4.72. The molecule has 0 bridgehead atoms. The number of aliphatic carboxylic acids is 1. The van der Waals surface area contributed by atoms with Crippen LogP contribution in [0.15, 0.2) is 24.3 Å². The number of hydrogen-bond acceptors (Lipinski definition) is 8. The average Bonchev–Trinajstić information content (AvgIpc) is 3.28. The van der Waals surface area contributed by atoms with Crippen LogP contribution in [0.5, 0.6) is 0 Å². The van der Waals surface area contributed by atoms with Gasteiger partial charge in [-0.05, 0) is 38.5 Å². The van der Waals surface area contributed by atoms with E-state index < -0.39 is 24.3 Å². The van der Waals surface area contributed by atoms with E-state index in [0.717, 1.165) is 64.2 Å². The Hall–Kier alpha value is -2.23. The molecule has 0 aliphatic rings. The smallest absolute Gasteiger partial charge is 0.306 e. The lowest BCUT2D eigenvalue weighted by atomic mass is 10.0. The van der Waals surface area contributed by atoms with Crippen molar-refractivity contribution in [2.75, 3.05) is 47.5 Å². The zero-order valence-electron chi connectivity index (χ0n) is 44.1. The van der Waals surface area contributed by atoms with Crippen LogP contribution in [-0.2, 0) is 33.3 Å². The van der Waals surface area contributed by atoms with Gasteiger partial charge in [-0.1, -0.05) is 237 Å². The Labute approximate surface area is 407 Å². The molecule has 388 valence electrons. The highest BCUT2D eigenvalue weighted by Gasteiger charge is 2.22. The van der Waals surface area contributed by atoms with Gasteiger partial charge in [-0.25, -0.2) is 0 Å². The summed E-state index contributed by atoms with van der Waals surface area (Å²) in [5.74, 6) is -2.29. The molecule has 9 heteroatoms. The largest absolute Gasteiger partial charge is 0.545 e. The summed E-state index contributed by atoms with van der Waals surface area (Å²) >= 11 is 0. The Morgan fingerprint density at radius 1 is 0.455 bits per heavy atom. The molecular formula is C57H107NO8. The van der Waals surface area contributed by atoms with E-state index in [1.54, 1.807) is 0 Å². The van der Waals surface area contributed by atoms with Crippen LogP contribution in [0.2, 0.25) is 0 Å². The highest BCUT2D eigenvalue weighted by Crippen LogP contribution is 2.17. The molecule has 0 aromatic rings. The average molecular weight is 934 g/mol. The van der Waals surface area contributed by atoms with Gasteiger partial charge in [-0.3, -0.25) is 9.59 Å². The third kappa shape index (κ3) is 49.7. The molecule has 0 saturated heterocycles. The number of esters is 2. The lowest BCUT2D eigenvalue weighted by molar-refractivity contribution is -0.870. The summed E-state index contributed by atoms with van der Waals surface area (Å²) in [6, 6.07) is 0. The minimum absolute atomic E-state index is 0.147. The van der Waals surface area contributed by atoms with Gasteiger partial charge in [0.15, 0.2) is 12.4 Å². The number of ether oxygens (including phenoxy) is 4. The number of carboxylic acid groups (broad SMARTS) is 1. The lowest BCUT2D eigenvalue weighted by Crippen LogP contribution is -2.44. The van der Waals surface area contributed by atoms with Crippen molar-refractivity contribution in [3.8, 4) is 0 Å². The fraction of sp³-hybridized carbons (Fsp3) is 0.877. The molecule has 0 heterocycles. The second-order valence-corrected chi connectivity index (χ2v) is 20.2. The molecule has 0 spiro atoms. The molecule has 9 nitrogen and oxygen atoms in total. The van der Waals surface area contributed by atoms with Crippen LogP contribution in [0.4, 0.5) is 0 Å². The molecule has 2 unspecified atom stereocenters. The topological polar surface area (TPSA) is 111 Å². The molecule has 0 N–H and O–H groups in total. The predicted octanol–water partition coefficient (Wildman–Crippen LogP) is 14.6. The summed E-state index contributed by atoms with van der Waals surface area (Å²) in [5, 5.41) is 11.7. The minimum atomic E-state index is -1.62. The van der Waals surface area contributed by atoms with Crippen molar-refractivity contribution in [3.63, 3.8) is 0 Å². The second kappa shape index (κ2) is 49.2. The van der Waals surface area contributed by atoms with Crippen molar-refractivity contribution in [2.24, 2.45) is 0 Å². The van der Waals surface area contributed by atoms with Crippen LogP contribution in [0.25, 0.3) is 0 Å². The van der Waals surface area contributed by atoms with E-state index in [9.17, 15) is 19.5 Å². The first-order chi connectivity index (χ1) is 32.1. The number of nitrogens with zero attached hydrogens (tertiary/aromatic N) is 1. The molecule has 0 radical (unpaired) electrons. The van der Waals surface area contributed by atoms with Crippen LogP contribution in [0.1, 0.15) is 264 Å². The second-order valence-electron chi connectivity index (χ2n) is 20.2. The van der Waals surface area contributed by atoms with Crippen LogP contribution >= 0.6 is 0 Å². The first-order valence-corrected chi connectivity index (χ1v) is 28.0. The van der Waals surface area contributed by atoms with E-state index in [2.05, 4.69) is 38.2 Å². The zero-order valence-corrected chi connectivity index (χ0v) is 44.1. The lowest BCUT2D eigenvalue weighted by Gasteiger charge is -2.26. The van der Waals surface area contributed by atoms with E-state index in [4.69, 9.17) is 18.9 Å². The maximum atomic E-state index is 12.8.